The molecule has 0 aromatic carbocycles. The lowest BCUT2D eigenvalue weighted by molar-refractivity contribution is 0.516. The van der Waals surface area contributed by atoms with E-state index in [0.717, 1.165) is 17.1 Å². The maximum Gasteiger partial charge on any atom is 0.153 e. The molecule has 6 nitrogen and oxygen atoms in total. The highest BCUT2D eigenvalue weighted by atomic mass is 32.2. The molecule has 110 valence electrons. The predicted molar refractivity (Wildman–Crippen MR) is 83.9 cm³/mol. The van der Waals surface area contributed by atoms with Crippen LogP contribution >= 0.6 is 11.8 Å². The lowest BCUT2D eigenvalue weighted by Crippen LogP contribution is -2.06. The third-order valence-electron chi connectivity index (χ3n) is 3.18. The van der Waals surface area contributed by atoms with E-state index in [0.29, 0.717) is 16.4 Å². The van der Waals surface area contributed by atoms with Gasteiger partial charge in [-0.3, -0.25) is 4.68 Å². The van der Waals surface area contributed by atoms with Crippen LogP contribution in [0.15, 0.2) is 11.4 Å². The zero-order chi connectivity index (χ0) is 15.6. The molecule has 21 heavy (non-hydrogen) atoms. The highest BCUT2D eigenvalue weighted by molar-refractivity contribution is 7.98. The van der Waals surface area contributed by atoms with Gasteiger partial charge >= 0.3 is 0 Å². The average molecular weight is 302 g/mol. The first-order valence-corrected chi connectivity index (χ1v) is 7.83. The summed E-state index contributed by atoms with van der Waals surface area (Å²) in [5, 5.41) is 17.8. The van der Waals surface area contributed by atoms with Gasteiger partial charge < -0.3 is 5.32 Å². The van der Waals surface area contributed by atoms with Crippen LogP contribution < -0.4 is 5.32 Å². The minimum atomic E-state index is 0.279. The number of nitrogens with zero attached hydrogens (tertiary/aromatic N) is 5. The number of thioether (sulfide) groups is 1. The van der Waals surface area contributed by atoms with Crippen LogP contribution in [0.2, 0.25) is 0 Å². The van der Waals surface area contributed by atoms with Crippen LogP contribution in [0.25, 0.3) is 0 Å². The van der Waals surface area contributed by atoms with E-state index in [1.807, 2.05) is 24.8 Å². The molecule has 0 aliphatic heterocycles. The highest BCUT2D eigenvalue weighted by Crippen LogP contribution is 2.29. The molecular formula is C14H18N6S. The number of rotatable bonds is 4. The van der Waals surface area contributed by atoms with Gasteiger partial charge in [-0.05, 0) is 34.0 Å². The lowest BCUT2D eigenvalue weighted by Gasteiger charge is -2.11. The average Bonchev–Trinajstić information content (AvgIpc) is 2.75. The van der Waals surface area contributed by atoms with Gasteiger partial charge in [-0.2, -0.15) is 10.4 Å². The van der Waals surface area contributed by atoms with E-state index < -0.39 is 0 Å². The van der Waals surface area contributed by atoms with E-state index >= 15 is 0 Å². The van der Waals surface area contributed by atoms with Gasteiger partial charge in [-0.25, -0.2) is 9.97 Å². The van der Waals surface area contributed by atoms with Crippen molar-refractivity contribution in [2.24, 2.45) is 0 Å². The van der Waals surface area contributed by atoms with Crippen molar-refractivity contribution in [2.45, 2.75) is 38.8 Å². The number of aromatic nitrogens is 4. The van der Waals surface area contributed by atoms with Gasteiger partial charge in [0.15, 0.2) is 5.82 Å². The molecule has 0 amide bonds. The van der Waals surface area contributed by atoms with Gasteiger partial charge in [0.25, 0.3) is 0 Å². The molecule has 2 aromatic heterocycles. The van der Waals surface area contributed by atoms with E-state index in [4.69, 9.17) is 0 Å². The second-order valence-electron chi connectivity index (χ2n) is 4.93. The van der Waals surface area contributed by atoms with Crippen LogP contribution in [0.3, 0.4) is 0 Å². The van der Waals surface area contributed by atoms with E-state index in [9.17, 15) is 5.26 Å². The molecule has 2 rings (SSSR count). The standard InChI is InChI=1S/C14H18N6S/c1-8(2)20-10(4)12(9(3)19-20)18-13-11(6-15)14(21-5)17-7-16-13/h7-8H,1-5H3,(H,16,17,18). The fourth-order valence-electron chi connectivity index (χ4n) is 2.18. The highest BCUT2D eigenvalue weighted by Gasteiger charge is 2.17. The molecule has 0 saturated heterocycles. The molecule has 1 N–H and O–H groups in total. The third-order valence-corrected chi connectivity index (χ3v) is 3.87. The zero-order valence-corrected chi connectivity index (χ0v) is 13.6. The molecule has 7 heteroatoms. The van der Waals surface area contributed by atoms with Crippen molar-refractivity contribution in [1.29, 1.82) is 5.26 Å². The molecule has 0 aliphatic rings. The Hall–Kier alpha value is -2.07. The summed E-state index contributed by atoms with van der Waals surface area (Å²) in [6, 6.07) is 2.45. The first-order chi connectivity index (χ1) is 9.99. The quantitative estimate of drug-likeness (QED) is 0.690. The molecule has 0 atom stereocenters. The zero-order valence-electron chi connectivity index (χ0n) is 12.8. The van der Waals surface area contributed by atoms with E-state index in [1.54, 1.807) is 0 Å². The molecular weight excluding hydrogens is 284 g/mol. The fraction of sp³-hybridized carbons (Fsp3) is 0.429. The van der Waals surface area contributed by atoms with Crippen LogP contribution in [-0.2, 0) is 0 Å². The molecule has 0 radical (unpaired) electrons. The minimum absolute atomic E-state index is 0.279. The number of nitriles is 1. The summed E-state index contributed by atoms with van der Waals surface area (Å²) in [5.74, 6) is 0.520. The molecule has 0 spiro atoms. The number of anilines is 2. The van der Waals surface area contributed by atoms with Crippen LogP contribution in [0, 0.1) is 25.2 Å². The molecule has 2 aromatic rings. The summed E-state index contributed by atoms with van der Waals surface area (Å²) >= 11 is 1.43. The molecule has 0 unspecified atom stereocenters. The van der Waals surface area contributed by atoms with Gasteiger partial charge in [0.2, 0.25) is 0 Å². The summed E-state index contributed by atoms with van der Waals surface area (Å²) in [5.41, 5.74) is 3.26. The van der Waals surface area contributed by atoms with Crippen molar-refractivity contribution in [3.63, 3.8) is 0 Å². The summed E-state index contributed by atoms with van der Waals surface area (Å²) in [6.45, 7) is 8.11. The van der Waals surface area contributed by atoms with Crippen LogP contribution in [0.1, 0.15) is 36.8 Å². The van der Waals surface area contributed by atoms with Crippen molar-refractivity contribution < 1.29 is 0 Å². The van der Waals surface area contributed by atoms with Gasteiger partial charge in [-0.15, -0.1) is 11.8 Å². The van der Waals surface area contributed by atoms with Crippen LogP contribution in [-0.4, -0.2) is 26.0 Å². The first-order valence-electron chi connectivity index (χ1n) is 6.61. The van der Waals surface area contributed by atoms with Crippen LogP contribution in [0.4, 0.5) is 11.5 Å². The maximum absolute atomic E-state index is 9.34. The topological polar surface area (TPSA) is 79.4 Å². The largest absolute Gasteiger partial charge is 0.336 e. The summed E-state index contributed by atoms with van der Waals surface area (Å²) in [7, 11) is 0. The Morgan fingerprint density at radius 3 is 2.57 bits per heavy atom. The lowest BCUT2D eigenvalue weighted by atomic mass is 10.2. The second kappa shape index (κ2) is 6.14. The fourth-order valence-corrected chi connectivity index (χ4v) is 2.68. The van der Waals surface area contributed by atoms with Gasteiger partial charge in [0.1, 0.15) is 23.0 Å². The maximum atomic E-state index is 9.34. The Morgan fingerprint density at radius 1 is 1.33 bits per heavy atom. The Morgan fingerprint density at radius 2 is 2.05 bits per heavy atom. The van der Waals surface area contributed by atoms with Crippen molar-refractivity contribution in [1.82, 2.24) is 19.7 Å². The number of aryl methyl sites for hydroxylation is 1. The van der Waals surface area contributed by atoms with Gasteiger partial charge in [-0.1, -0.05) is 0 Å². The van der Waals surface area contributed by atoms with Crippen LogP contribution in [0.5, 0.6) is 0 Å². The number of hydrogen-bond donors (Lipinski definition) is 1. The Bertz CT molecular complexity index is 698. The Labute approximate surface area is 128 Å². The van der Waals surface area contributed by atoms with Crippen molar-refractivity contribution in [3.05, 3.63) is 23.3 Å². The SMILES string of the molecule is CSc1ncnc(Nc2c(C)nn(C(C)C)c2C)c1C#N. The predicted octanol–water partition coefficient (Wildman–Crippen LogP) is 3.21. The van der Waals surface area contributed by atoms with E-state index in [2.05, 4.69) is 40.3 Å². The molecule has 0 fully saturated rings. The Kier molecular flexibility index (Phi) is 4.48. The van der Waals surface area contributed by atoms with Crippen molar-refractivity contribution in [2.75, 3.05) is 11.6 Å². The molecule has 2 heterocycles. The second-order valence-corrected chi connectivity index (χ2v) is 5.72. The first kappa shape index (κ1) is 15.3. The Balaban J connectivity index is 2.47. The smallest absolute Gasteiger partial charge is 0.153 e. The number of hydrogen-bond acceptors (Lipinski definition) is 6. The monoisotopic (exact) mass is 302 g/mol. The van der Waals surface area contributed by atoms with E-state index in [-0.39, 0.29) is 6.04 Å². The number of nitrogens with one attached hydrogen (secondary N) is 1. The summed E-state index contributed by atoms with van der Waals surface area (Å²) < 4.78 is 1.96. The van der Waals surface area contributed by atoms with Crippen molar-refractivity contribution >= 4 is 23.3 Å². The van der Waals surface area contributed by atoms with E-state index in [1.165, 1.54) is 18.1 Å². The normalized spacial score (nSPS) is 10.7. The molecule has 0 saturated carbocycles. The summed E-state index contributed by atoms with van der Waals surface area (Å²) in [4.78, 5) is 8.31. The third kappa shape index (κ3) is 2.85. The van der Waals surface area contributed by atoms with Crippen molar-refractivity contribution in [3.8, 4) is 6.07 Å². The van der Waals surface area contributed by atoms with Gasteiger partial charge in [0, 0.05) is 6.04 Å². The minimum Gasteiger partial charge on any atom is -0.336 e. The molecule has 0 bridgehead atoms. The summed E-state index contributed by atoms with van der Waals surface area (Å²) in [6.07, 6.45) is 3.35. The van der Waals surface area contributed by atoms with Gasteiger partial charge in [0.05, 0.1) is 17.1 Å². The molecule has 0 aliphatic carbocycles.